The van der Waals surface area contributed by atoms with E-state index in [0.717, 1.165) is 11.0 Å². The molecular weight excluding hydrogens is 302 g/mol. The monoisotopic (exact) mass is 323 g/mol. The first-order chi connectivity index (χ1) is 11.6. The minimum Gasteiger partial charge on any atom is -0.366 e. The lowest BCUT2D eigenvalue weighted by molar-refractivity contribution is 0.100. The summed E-state index contributed by atoms with van der Waals surface area (Å²) in [7, 11) is 0. The van der Waals surface area contributed by atoms with Crippen molar-refractivity contribution < 1.29 is 4.79 Å². The normalized spacial score (nSPS) is 12.6. The lowest BCUT2D eigenvalue weighted by Gasteiger charge is -2.21. The van der Waals surface area contributed by atoms with Crippen molar-refractivity contribution in [3.63, 3.8) is 0 Å². The molecule has 124 valence electrons. The molecule has 0 spiro atoms. The van der Waals surface area contributed by atoms with Gasteiger partial charge in [-0.3, -0.25) is 4.79 Å². The highest BCUT2D eigenvalue weighted by Gasteiger charge is 2.15. The number of primary amides is 1. The lowest BCUT2D eigenvalue weighted by Crippen LogP contribution is -2.25. The van der Waals surface area contributed by atoms with Crippen molar-refractivity contribution in [2.45, 2.75) is 12.5 Å². The van der Waals surface area contributed by atoms with E-state index in [4.69, 9.17) is 11.5 Å². The van der Waals surface area contributed by atoms with Gasteiger partial charge in [0, 0.05) is 5.39 Å². The van der Waals surface area contributed by atoms with Crippen LogP contribution < -0.4 is 16.8 Å². The number of fused-ring (bicyclic) bond motifs is 1. The van der Waals surface area contributed by atoms with Crippen LogP contribution in [-0.2, 0) is 0 Å². The maximum atomic E-state index is 11.6. The minimum absolute atomic E-state index is 0.0826. The molecule has 1 amide bonds. The van der Waals surface area contributed by atoms with Gasteiger partial charge in [-0.05, 0) is 30.7 Å². The van der Waals surface area contributed by atoms with Crippen LogP contribution in [0.25, 0.3) is 10.9 Å². The minimum atomic E-state index is -0.526. The van der Waals surface area contributed by atoms with Crippen molar-refractivity contribution in [3.8, 4) is 0 Å². The van der Waals surface area contributed by atoms with Crippen molar-refractivity contribution in [1.82, 2.24) is 9.97 Å². The van der Waals surface area contributed by atoms with Crippen molar-refractivity contribution in [2.75, 3.05) is 11.9 Å². The summed E-state index contributed by atoms with van der Waals surface area (Å²) in [6.45, 7) is 8.05. The number of carbonyl (C=O) groups is 1. The van der Waals surface area contributed by atoms with E-state index in [-0.39, 0.29) is 6.04 Å². The topological polar surface area (TPSA) is 107 Å². The predicted molar refractivity (Wildman–Crippen MR) is 97.6 cm³/mol. The zero-order chi connectivity index (χ0) is 17.5. The molecule has 0 bridgehead atoms. The number of nitrogens with zero attached hydrogens (tertiary/aromatic N) is 2. The lowest BCUT2D eigenvalue weighted by atomic mass is 10.0. The number of hydrogen-bond acceptors (Lipinski definition) is 5. The zero-order valence-electron chi connectivity index (χ0n) is 13.4. The Labute approximate surface area is 141 Å². The maximum absolute atomic E-state index is 11.6. The number of para-hydroxylation sites is 1. The Kier molecular flexibility index (Phi) is 5.81. The molecule has 6 heteroatoms. The van der Waals surface area contributed by atoms with E-state index >= 15 is 0 Å². The van der Waals surface area contributed by atoms with E-state index in [0.29, 0.717) is 29.9 Å². The van der Waals surface area contributed by atoms with Gasteiger partial charge in [0.15, 0.2) is 0 Å². The molecule has 0 radical (unpaired) electrons. The summed E-state index contributed by atoms with van der Waals surface area (Å²) in [5, 5.41) is 4.07. The molecule has 2 rings (SSSR count). The summed E-state index contributed by atoms with van der Waals surface area (Å²) < 4.78 is 0. The second-order valence-electron chi connectivity index (χ2n) is 5.17. The van der Waals surface area contributed by atoms with E-state index < -0.39 is 5.91 Å². The quantitative estimate of drug-likeness (QED) is 0.645. The van der Waals surface area contributed by atoms with Gasteiger partial charge in [0.25, 0.3) is 5.91 Å². The molecular formula is C18H21N5O. The first-order valence-corrected chi connectivity index (χ1v) is 7.57. The zero-order valence-corrected chi connectivity index (χ0v) is 13.4. The van der Waals surface area contributed by atoms with E-state index in [9.17, 15) is 4.79 Å². The second-order valence-corrected chi connectivity index (χ2v) is 5.17. The molecule has 0 saturated carbocycles. The SMILES string of the molecule is C=CC=C(C=C)[C@@H](CCN)Nc1ncnc2c(C(N)=O)cccc12. The number of rotatable bonds is 8. The van der Waals surface area contributed by atoms with E-state index in [2.05, 4.69) is 28.4 Å². The highest BCUT2D eigenvalue weighted by atomic mass is 16.1. The highest BCUT2D eigenvalue weighted by molar-refractivity contribution is 6.06. The smallest absolute Gasteiger partial charge is 0.250 e. The fraction of sp³-hybridized carbons (Fsp3) is 0.167. The van der Waals surface area contributed by atoms with Crippen LogP contribution >= 0.6 is 0 Å². The van der Waals surface area contributed by atoms with Gasteiger partial charge >= 0.3 is 0 Å². The van der Waals surface area contributed by atoms with Gasteiger partial charge in [-0.2, -0.15) is 0 Å². The van der Waals surface area contributed by atoms with Crippen LogP contribution in [0.3, 0.4) is 0 Å². The fourth-order valence-electron chi connectivity index (χ4n) is 2.52. The molecule has 1 atom stereocenters. The average molecular weight is 323 g/mol. The Morgan fingerprint density at radius 2 is 2.12 bits per heavy atom. The van der Waals surface area contributed by atoms with Crippen LogP contribution in [0.1, 0.15) is 16.8 Å². The molecule has 24 heavy (non-hydrogen) atoms. The third kappa shape index (κ3) is 3.67. The second kappa shape index (κ2) is 8.03. The Morgan fingerprint density at radius 1 is 1.33 bits per heavy atom. The number of anilines is 1. The van der Waals surface area contributed by atoms with Gasteiger partial charge < -0.3 is 16.8 Å². The molecule has 0 aliphatic heterocycles. The van der Waals surface area contributed by atoms with Crippen molar-refractivity contribution in [2.24, 2.45) is 11.5 Å². The summed E-state index contributed by atoms with van der Waals surface area (Å²) in [6, 6.07) is 5.16. The number of aromatic nitrogens is 2. The van der Waals surface area contributed by atoms with Crippen LogP contribution in [0.2, 0.25) is 0 Å². The molecule has 0 saturated heterocycles. The first kappa shape index (κ1) is 17.4. The number of nitrogens with two attached hydrogens (primary N) is 2. The number of nitrogens with one attached hydrogen (secondary N) is 1. The van der Waals surface area contributed by atoms with Crippen molar-refractivity contribution in [3.05, 3.63) is 67.0 Å². The molecule has 0 aliphatic carbocycles. The van der Waals surface area contributed by atoms with E-state index in [1.807, 2.05) is 12.1 Å². The van der Waals surface area contributed by atoms with Crippen LogP contribution in [0.4, 0.5) is 5.82 Å². The largest absolute Gasteiger partial charge is 0.366 e. The summed E-state index contributed by atoms with van der Waals surface area (Å²) in [4.78, 5) is 20.1. The van der Waals surface area contributed by atoms with Gasteiger partial charge in [0.2, 0.25) is 0 Å². The van der Waals surface area contributed by atoms with Gasteiger partial charge in [-0.25, -0.2) is 9.97 Å². The number of benzene rings is 1. The molecule has 1 aromatic heterocycles. The fourth-order valence-corrected chi connectivity index (χ4v) is 2.52. The Hall–Kier alpha value is -2.99. The molecule has 0 fully saturated rings. The van der Waals surface area contributed by atoms with Gasteiger partial charge in [0.05, 0.1) is 17.1 Å². The number of hydrogen-bond donors (Lipinski definition) is 3. The number of allylic oxidation sites excluding steroid dienone is 2. The van der Waals surface area contributed by atoms with Crippen LogP contribution in [0, 0.1) is 0 Å². The Bertz CT molecular complexity index is 797. The third-order valence-corrected chi connectivity index (χ3v) is 3.64. The van der Waals surface area contributed by atoms with Crippen molar-refractivity contribution >= 4 is 22.6 Å². The summed E-state index contributed by atoms with van der Waals surface area (Å²) in [5.41, 5.74) is 13.0. The maximum Gasteiger partial charge on any atom is 0.250 e. The van der Waals surface area contributed by atoms with E-state index in [1.165, 1.54) is 6.33 Å². The molecule has 0 aliphatic rings. The predicted octanol–water partition coefficient (Wildman–Crippen LogP) is 2.16. The Balaban J connectivity index is 2.49. The molecule has 6 nitrogen and oxygen atoms in total. The molecule has 2 aromatic rings. The van der Waals surface area contributed by atoms with Crippen LogP contribution in [0.15, 0.2) is 61.5 Å². The van der Waals surface area contributed by atoms with Crippen molar-refractivity contribution in [1.29, 1.82) is 0 Å². The van der Waals surface area contributed by atoms with Gasteiger partial charge in [-0.15, -0.1) is 0 Å². The summed E-state index contributed by atoms with van der Waals surface area (Å²) in [6.07, 6.45) is 7.42. The highest BCUT2D eigenvalue weighted by Crippen LogP contribution is 2.24. The molecule has 5 N–H and O–H groups in total. The molecule has 1 aromatic carbocycles. The molecule has 1 heterocycles. The Morgan fingerprint density at radius 3 is 2.75 bits per heavy atom. The number of amides is 1. The molecule has 0 unspecified atom stereocenters. The summed E-state index contributed by atoms with van der Waals surface area (Å²) in [5.74, 6) is 0.0838. The summed E-state index contributed by atoms with van der Waals surface area (Å²) >= 11 is 0. The van der Waals surface area contributed by atoms with Crippen LogP contribution in [-0.4, -0.2) is 28.5 Å². The van der Waals surface area contributed by atoms with Gasteiger partial charge in [0.1, 0.15) is 12.1 Å². The van der Waals surface area contributed by atoms with Crippen LogP contribution in [0.5, 0.6) is 0 Å². The standard InChI is InChI=1S/C18H21N5O/c1-3-6-12(4-2)15(9-10-19)23-18-14-8-5-7-13(17(20)24)16(14)21-11-22-18/h3-8,11,15H,1-2,9-10,19H2,(H2,20,24)(H,21,22,23)/t15-/m1/s1. The average Bonchev–Trinajstić information content (AvgIpc) is 2.59. The first-order valence-electron chi connectivity index (χ1n) is 7.57. The van der Waals surface area contributed by atoms with Gasteiger partial charge in [-0.1, -0.05) is 37.5 Å². The third-order valence-electron chi connectivity index (χ3n) is 3.64. The van der Waals surface area contributed by atoms with E-state index in [1.54, 1.807) is 24.3 Å². The number of carbonyl (C=O) groups excluding carboxylic acids is 1.